The molecular formula is C26H33FN6O2. The van der Waals surface area contributed by atoms with Crippen LogP contribution in [-0.4, -0.2) is 50.0 Å². The van der Waals surface area contributed by atoms with Crippen molar-refractivity contribution in [3.63, 3.8) is 0 Å². The monoisotopic (exact) mass is 480 g/mol. The molecule has 0 atom stereocenters. The molecule has 1 amide bonds. The average molecular weight is 481 g/mol. The molecule has 2 aromatic carbocycles. The Kier molecular flexibility index (Phi) is 11.3. The van der Waals surface area contributed by atoms with E-state index >= 15 is 0 Å². The van der Waals surface area contributed by atoms with Gasteiger partial charge in [0.2, 0.25) is 18.1 Å². The van der Waals surface area contributed by atoms with Gasteiger partial charge in [-0.2, -0.15) is 20.0 Å². The van der Waals surface area contributed by atoms with Gasteiger partial charge in [0, 0.05) is 25.6 Å². The van der Waals surface area contributed by atoms with Crippen LogP contribution in [0.4, 0.5) is 4.39 Å². The second-order valence-electron chi connectivity index (χ2n) is 7.80. The molecular weight excluding hydrogens is 447 g/mol. The van der Waals surface area contributed by atoms with Gasteiger partial charge in [0.25, 0.3) is 0 Å². The van der Waals surface area contributed by atoms with Crippen LogP contribution < -0.4 is 0 Å². The Morgan fingerprint density at radius 3 is 2.14 bits per heavy atom. The Balaban J connectivity index is 0.000000204. The normalized spacial score (nSPS) is 10.0. The lowest BCUT2D eigenvalue weighted by atomic mass is 10.2. The fourth-order valence-electron chi connectivity index (χ4n) is 2.60. The molecule has 8 nitrogen and oxygen atoms in total. The van der Waals surface area contributed by atoms with Crippen LogP contribution in [0.1, 0.15) is 44.0 Å². The number of benzene rings is 2. The second kappa shape index (κ2) is 14.4. The molecule has 2 aromatic heterocycles. The third kappa shape index (κ3) is 9.11. The SMILES string of the molecule is CCCCc1nc(-c2ccc(F)cc2)no1.CCN(C)C=O.Cc1nn(-c2ccccc2)nc1C. The van der Waals surface area contributed by atoms with Crippen LogP contribution in [-0.2, 0) is 11.2 Å². The van der Waals surface area contributed by atoms with Crippen molar-refractivity contribution in [1.29, 1.82) is 0 Å². The molecule has 0 aliphatic rings. The zero-order chi connectivity index (χ0) is 25.6. The van der Waals surface area contributed by atoms with Crippen molar-refractivity contribution < 1.29 is 13.7 Å². The van der Waals surface area contributed by atoms with Crippen molar-refractivity contribution in [3.05, 3.63) is 77.7 Å². The zero-order valence-electron chi connectivity index (χ0n) is 21.0. The van der Waals surface area contributed by atoms with Crippen LogP contribution in [0.15, 0.2) is 59.1 Å². The molecule has 0 aliphatic heterocycles. The van der Waals surface area contributed by atoms with Crippen LogP contribution in [0.2, 0.25) is 0 Å². The van der Waals surface area contributed by atoms with Gasteiger partial charge in [-0.05, 0) is 63.6 Å². The molecule has 4 aromatic rings. The number of carbonyl (C=O) groups excluding carboxylic acids is 1. The predicted molar refractivity (Wildman–Crippen MR) is 134 cm³/mol. The number of aryl methyl sites for hydroxylation is 3. The van der Waals surface area contributed by atoms with Crippen molar-refractivity contribution in [2.75, 3.05) is 13.6 Å². The topological polar surface area (TPSA) is 89.9 Å². The number of halogens is 1. The van der Waals surface area contributed by atoms with Gasteiger partial charge in [-0.1, -0.05) is 36.7 Å². The van der Waals surface area contributed by atoms with E-state index in [9.17, 15) is 9.18 Å². The molecule has 0 N–H and O–H groups in total. The third-order valence-electron chi connectivity index (χ3n) is 4.99. The molecule has 0 aliphatic carbocycles. The van der Waals surface area contributed by atoms with E-state index in [0.29, 0.717) is 11.7 Å². The highest BCUT2D eigenvalue weighted by Crippen LogP contribution is 2.16. The Morgan fingerprint density at radius 2 is 1.63 bits per heavy atom. The quantitative estimate of drug-likeness (QED) is 0.338. The molecule has 9 heteroatoms. The van der Waals surface area contributed by atoms with Gasteiger partial charge < -0.3 is 9.42 Å². The molecule has 0 saturated heterocycles. The maximum Gasteiger partial charge on any atom is 0.226 e. The second-order valence-corrected chi connectivity index (χ2v) is 7.80. The van der Waals surface area contributed by atoms with Crippen molar-refractivity contribution in [3.8, 4) is 17.1 Å². The fraction of sp³-hybridized carbons (Fsp3) is 0.346. The number of rotatable bonds is 7. The maximum absolute atomic E-state index is 12.7. The number of hydrogen-bond donors (Lipinski definition) is 0. The Bertz CT molecular complexity index is 1120. The molecule has 35 heavy (non-hydrogen) atoms. The molecule has 186 valence electrons. The van der Waals surface area contributed by atoms with Crippen LogP contribution in [0.3, 0.4) is 0 Å². The van der Waals surface area contributed by atoms with Crippen LogP contribution in [0, 0.1) is 19.7 Å². The summed E-state index contributed by atoms with van der Waals surface area (Å²) in [5, 5.41) is 12.4. The highest BCUT2D eigenvalue weighted by atomic mass is 19.1. The van der Waals surface area contributed by atoms with Crippen LogP contribution in [0.5, 0.6) is 0 Å². The van der Waals surface area contributed by atoms with E-state index in [1.54, 1.807) is 28.9 Å². The third-order valence-corrected chi connectivity index (χ3v) is 4.99. The number of para-hydroxylation sites is 1. The number of carbonyl (C=O) groups is 1. The molecule has 0 unspecified atom stereocenters. The highest BCUT2D eigenvalue weighted by Gasteiger charge is 2.07. The standard InChI is InChI=1S/C12H13FN2O.C10H11N3.C4H9NO/c1-2-3-4-11-14-12(15-16-11)9-5-7-10(13)8-6-9;1-8-9(2)12-13(11-8)10-6-4-3-5-7-10;1-3-5(2)4-6/h5-8H,2-4H2,1H3;3-7H,1-2H3;4H,3H2,1-2H3. The molecule has 4 rings (SSSR count). The predicted octanol–water partition coefficient (Wildman–Crippen LogP) is 5.20. The first-order valence-electron chi connectivity index (χ1n) is 11.6. The highest BCUT2D eigenvalue weighted by molar-refractivity contribution is 5.53. The molecule has 0 bridgehead atoms. The van der Waals surface area contributed by atoms with Gasteiger partial charge in [-0.15, -0.1) is 0 Å². The number of aromatic nitrogens is 5. The van der Waals surface area contributed by atoms with E-state index in [1.807, 2.05) is 51.1 Å². The van der Waals surface area contributed by atoms with E-state index < -0.39 is 0 Å². The van der Waals surface area contributed by atoms with Gasteiger partial charge in [0.15, 0.2) is 0 Å². The van der Waals surface area contributed by atoms with Gasteiger partial charge in [-0.3, -0.25) is 4.79 Å². The molecule has 0 spiro atoms. The van der Waals surface area contributed by atoms with Crippen molar-refractivity contribution in [2.45, 2.75) is 47.0 Å². The minimum absolute atomic E-state index is 0.265. The summed E-state index contributed by atoms with van der Waals surface area (Å²) < 4.78 is 17.8. The number of amides is 1. The lowest BCUT2D eigenvalue weighted by molar-refractivity contribution is -0.116. The van der Waals surface area contributed by atoms with Crippen molar-refractivity contribution in [1.82, 2.24) is 30.0 Å². The maximum atomic E-state index is 12.7. The molecule has 0 fully saturated rings. The lowest BCUT2D eigenvalue weighted by Gasteiger charge is -2.01. The summed E-state index contributed by atoms with van der Waals surface area (Å²) in [5.41, 5.74) is 3.72. The first-order chi connectivity index (χ1) is 16.9. The largest absolute Gasteiger partial charge is 0.349 e. The zero-order valence-corrected chi connectivity index (χ0v) is 21.0. The van der Waals surface area contributed by atoms with E-state index in [-0.39, 0.29) is 5.82 Å². The number of nitrogens with zero attached hydrogens (tertiary/aromatic N) is 6. The average Bonchev–Trinajstić information content (AvgIpc) is 3.50. The molecule has 2 heterocycles. The van der Waals surface area contributed by atoms with Crippen molar-refractivity contribution in [2.24, 2.45) is 0 Å². The van der Waals surface area contributed by atoms with E-state index in [2.05, 4.69) is 27.3 Å². The molecule has 0 radical (unpaired) electrons. The van der Waals surface area contributed by atoms with E-state index in [0.717, 1.165) is 54.9 Å². The summed E-state index contributed by atoms with van der Waals surface area (Å²) in [6, 6.07) is 16.0. The summed E-state index contributed by atoms with van der Waals surface area (Å²) >= 11 is 0. The Morgan fingerprint density at radius 1 is 1.00 bits per heavy atom. The van der Waals surface area contributed by atoms with Gasteiger partial charge in [0.05, 0.1) is 17.1 Å². The number of unbranched alkanes of at least 4 members (excludes halogenated alkanes) is 1. The Hall–Kier alpha value is -3.88. The Labute approximate surface area is 205 Å². The summed E-state index contributed by atoms with van der Waals surface area (Å²) in [4.78, 5) is 17.1. The minimum Gasteiger partial charge on any atom is -0.349 e. The molecule has 0 saturated carbocycles. The van der Waals surface area contributed by atoms with Gasteiger partial charge in [-0.25, -0.2) is 4.39 Å². The van der Waals surface area contributed by atoms with Crippen LogP contribution in [0.25, 0.3) is 17.1 Å². The first kappa shape index (κ1) is 27.4. The smallest absolute Gasteiger partial charge is 0.226 e. The summed E-state index contributed by atoms with van der Waals surface area (Å²) in [5.74, 6) is 0.894. The first-order valence-corrected chi connectivity index (χ1v) is 11.6. The summed E-state index contributed by atoms with van der Waals surface area (Å²) in [6.45, 7) is 8.75. The lowest BCUT2D eigenvalue weighted by Crippen LogP contribution is -2.13. The van der Waals surface area contributed by atoms with E-state index in [1.165, 1.54) is 12.1 Å². The number of hydrogen-bond acceptors (Lipinski definition) is 6. The van der Waals surface area contributed by atoms with Gasteiger partial charge >= 0.3 is 0 Å². The summed E-state index contributed by atoms with van der Waals surface area (Å²) in [7, 11) is 1.74. The van der Waals surface area contributed by atoms with E-state index in [4.69, 9.17) is 4.52 Å². The van der Waals surface area contributed by atoms with Gasteiger partial charge in [0.1, 0.15) is 5.82 Å². The van der Waals surface area contributed by atoms with Crippen molar-refractivity contribution >= 4 is 6.41 Å². The fourth-order valence-corrected chi connectivity index (χ4v) is 2.60. The van der Waals surface area contributed by atoms with Crippen LogP contribution >= 0.6 is 0 Å². The summed E-state index contributed by atoms with van der Waals surface area (Å²) in [6.07, 6.45) is 3.73. The minimum atomic E-state index is -0.265.